The number of hydrogen-bond donors (Lipinski definition) is 1. The summed E-state index contributed by atoms with van der Waals surface area (Å²) in [6, 6.07) is 7.74. The van der Waals surface area contributed by atoms with E-state index in [9.17, 15) is 0 Å². The number of amidine groups is 1. The summed E-state index contributed by atoms with van der Waals surface area (Å²) in [6.45, 7) is 2.24. The molecule has 0 unspecified atom stereocenters. The highest BCUT2D eigenvalue weighted by Gasteiger charge is 2.13. The van der Waals surface area contributed by atoms with E-state index in [1.54, 1.807) is 18.6 Å². The summed E-state index contributed by atoms with van der Waals surface area (Å²) in [7, 11) is 0. The summed E-state index contributed by atoms with van der Waals surface area (Å²) in [4.78, 5) is 12.9. The lowest BCUT2D eigenvalue weighted by atomic mass is 10.2. The largest absolute Gasteiger partial charge is 0.472 e. The predicted octanol–water partition coefficient (Wildman–Crippen LogP) is 1.80. The van der Waals surface area contributed by atoms with E-state index in [1.807, 2.05) is 24.3 Å². The van der Waals surface area contributed by atoms with Crippen LogP contribution in [0.4, 0.5) is 0 Å². The van der Waals surface area contributed by atoms with Gasteiger partial charge in [-0.15, -0.1) is 0 Å². The predicted molar refractivity (Wildman–Crippen MR) is 76.8 cm³/mol. The van der Waals surface area contributed by atoms with Crippen LogP contribution in [0.5, 0.6) is 5.88 Å². The van der Waals surface area contributed by atoms with Crippen molar-refractivity contribution >= 4 is 5.84 Å². The highest BCUT2D eigenvalue weighted by atomic mass is 16.5. The second-order valence-electron chi connectivity index (χ2n) is 4.52. The number of aromatic nitrogens is 2. The van der Waals surface area contributed by atoms with Gasteiger partial charge >= 0.3 is 0 Å². The fourth-order valence-electron chi connectivity index (χ4n) is 2.03. The third kappa shape index (κ3) is 2.93. The first-order valence-corrected chi connectivity index (χ1v) is 6.69. The van der Waals surface area contributed by atoms with Crippen molar-refractivity contribution in [1.82, 2.24) is 15.3 Å². The van der Waals surface area contributed by atoms with Crippen molar-refractivity contribution in [3.63, 3.8) is 0 Å². The van der Waals surface area contributed by atoms with E-state index in [0.29, 0.717) is 12.5 Å². The molecule has 0 aliphatic carbocycles. The molecular weight excluding hydrogens is 252 g/mol. The summed E-state index contributed by atoms with van der Waals surface area (Å²) in [5.74, 6) is 1.47. The van der Waals surface area contributed by atoms with E-state index in [0.717, 1.165) is 36.5 Å². The summed E-state index contributed by atoms with van der Waals surface area (Å²) < 4.78 is 5.80. The summed E-state index contributed by atoms with van der Waals surface area (Å²) in [5.41, 5.74) is 1.93. The van der Waals surface area contributed by atoms with Crippen LogP contribution in [0.3, 0.4) is 0 Å². The summed E-state index contributed by atoms with van der Waals surface area (Å²) in [6.07, 6.45) is 6.33. The monoisotopic (exact) mass is 268 g/mol. The van der Waals surface area contributed by atoms with Crippen LogP contribution in [0.15, 0.2) is 47.8 Å². The second kappa shape index (κ2) is 6.14. The van der Waals surface area contributed by atoms with E-state index >= 15 is 0 Å². The van der Waals surface area contributed by atoms with Crippen molar-refractivity contribution in [2.45, 2.75) is 13.0 Å². The van der Waals surface area contributed by atoms with Crippen molar-refractivity contribution in [2.75, 3.05) is 13.1 Å². The van der Waals surface area contributed by atoms with Crippen LogP contribution in [0.2, 0.25) is 0 Å². The lowest BCUT2D eigenvalue weighted by molar-refractivity contribution is 0.292. The number of nitrogens with zero attached hydrogens (tertiary/aromatic N) is 3. The Hall–Kier alpha value is -2.43. The molecular formula is C15H16N4O. The first-order valence-electron chi connectivity index (χ1n) is 6.69. The fourth-order valence-corrected chi connectivity index (χ4v) is 2.03. The molecule has 0 atom stereocenters. The minimum absolute atomic E-state index is 0.450. The molecule has 0 aromatic carbocycles. The smallest absolute Gasteiger partial charge is 0.224 e. The fraction of sp³-hybridized carbons (Fsp3) is 0.267. The molecule has 2 aromatic rings. The molecule has 3 rings (SSSR count). The van der Waals surface area contributed by atoms with Crippen LogP contribution < -0.4 is 10.1 Å². The average Bonchev–Trinajstić information content (AvgIpc) is 2.55. The van der Waals surface area contributed by atoms with E-state index in [-0.39, 0.29) is 0 Å². The minimum atomic E-state index is 0.450. The maximum absolute atomic E-state index is 5.80. The van der Waals surface area contributed by atoms with E-state index in [4.69, 9.17) is 4.74 Å². The molecule has 1 aliphatic rings. The molecule has 20 heavy (non-hydrogen) atoms. The molecule has 0 bridgehead atoms. The second-order valence-corrected chi connectivity index (χ2v) is 4.52. The Kier molecular flexibility index (Phi) is 3.87. The van der Waals surface area contributed by atoms with Gasteiger partial charge in [0.25, 0.3) is 0 Å². The third-order valence-electron chi connectivity index (χ3n) is 3.02. The SMILES string of the molecule is c1cncc(COc2ncccc2C2=NCCCN2)c1. The molecule has 5 heteroatoms. The van der Waals surface area contributed by atoms with Gasteiger partial charge in [0.05, 0.1) is 5.56 Å². The molecule has 1 aliphatic heterocycles. The number of nitrogens with one attached hydrogen (secondary N) is 1. The molecule has 0 spiro atoms. The highest BCUT2D eigenvalue weighted by Crippen LogP contribution is 2.17. The maximum Gasteiger partial charge on any atom is 0.224 e. The van der Waals surface area contributed by atoms with Crippen LogP contribution in [-0.2, 0) is 6.61 Å². The molecule has 2 aromatic heterocycles. The summed E-state index contributed by atoms with van der Waals surface area (Å²) in [5, 5.41) is 3.29. The molecule has 0 amide bonds. The van der Waals surface area contributed by atoms with Crippen LogP contribution in [0, 0.1) is 0 Å². The normalized spacial score (nSPS) is 14.3. The Morgan fingerprint density at radius 1 is 1.20 bits per heavy atom. The summed E-state index contributed by atoms with van der Waals surface area (Å²) >= 11 is 0. The maximum atomic E-state index is 5.80. The Balaban J connectivity index is 1.78. The Morgan fingerprint density at radius 3 is 2.95 bits per heavy atom. The van der Waals surface area contributed by atoms with Crippen molar-refractivity contribution in [2.24, 2.45) is 4.99 Å². The van der Waals surface area contributed by atoms with Gasteiger partial charge in [0.2, 0.25) is 5.88 Å². The molecule has 0 radical (unpaired) electrons. The third-order valence-corrected chi connectivity index (χ3v) is 3.02. The molecule has 0 saturated carbocycles. The van der Waals surface area contributed by atoms with Crippen LogP contribution in [-0.4, -0.2) is 28.9 Å². The Morgan fingerprint density at radius 2 is 2.15 bits per heavy atom. The molecule has 1 N–H and O–H groups in total. The van der Waals surface area contributed by atoms with Crippen molar-refractivity contribution in [1.29, 1.82) is 0 Å². The zero-order valence-corrected chi connectivity index (χ0v) is 11.1. The molecule has 5 nitrogen and oxygen atoms in total. The standard InChI is InChI=1S/C15H16N4O/c1-4-12(10-16-6-1)11-20-15-13(5-2-7-19-15)14-17-8-3-9-18-14/h1-2,4-7,10H,3,8-9,11H2,(H,17,18). The van der Waals surface area contributed by atoms with Crippen molar-refractivity contribution < 1.29 is 4.74 Å². The first kappa shape index (κ1) is 12.6. The lowest BCUT2D eigenvalue weighted by Gasteiger charge is -2.16. The van der Waals surface area contributed by atoms with Gasteiger partial charge in [-0.2, -0.15) is 0 Å². The highest BCUT2D eigenvalue weighted by molar-refractivity contribution is 6.00. The molecule has 102 valence electrons. The molecule has 0 saturated heterocycles. The number of ether oxygens (including phenoxy) is 1. The zero-order chi connectivity index (χ0) is 13.6. The Labute approximate surface area is 117 Å². The van der Waals surface area contributed by atoms with Crippen LogP contribution in [0.1, 0.15) is 17.5 Å². The van der Waals surface area contributed by atoms with Gasteiger partial charge in [-0.05, 0) is 24.6 Å². The quantitative estimate of drug-likeness (QED) is 0.918. The van der Waals surface area contributed by atoms with Gasteiger partial charge in [-0.25, -0.2) is 4.98 Å². The number of pyridine rings is 2. The average molecular weight is 268 g/mol. The van der Waals surface area contributed by atoms with Crippen molar-refractivity contribution in [3.8, 4) is 5.88 Å². The van der Waals surface area contributed by atoms with Gasteiger partial charge in [-0.3, -0.25) is 9.98 Å². The van der Waals surface area contributed by atoms with Gasteiger partial charge in [0.15, 0.2) is 0 Å². The van der Waals surface area contributed by atoms with Gasteiger partial charge in [0.1, 0.15) is 12.4 Å². The van der Waals surface area contributed by atoms with E-state index in [1.165, 1.54) is 0 Å². The molecule has 3 heterocycles. The van der Waals surface area contributed by atoms with Crippen LogP contribution >= 0.6 is 0 Å². The molecule has 0 fully saturated rings. The Bertz CT molecular complexity index is 598. The number of rotatable bonds is 4. The first-order chi connectivity index (χ1) is 9.93. The number of hydrogen-bond acceptors (Lipinski definition) is 5. The van der Waals surface area contributed by atoms with E-state index in [2.05, 4.69) is 20.3 Å². The lowest BCUT2D eigenvalue weighted by Crippen LogP contribution is -2.30. The van der Waals surface area contributed by atoms with Crippen LogP contribution in [0.25, 0.3) is 0 Å². The topological polar surface area (TPSA) is 59.4 Å². The van der Waals surface area contributed by atoms with Gasteiger partial charge in [-0.1, -0.05) is 6.07 Å². The zero-order valence-electron chi connectivity index (χ0n) is 11.1. The number of aliphatic imine (C=N–C) groups is 1. The van der Waals surface area contributed by atoms with Gasteiger partial charge < -0.3 is 10.1 Å². The van der Waals surface area contributed by atoms with Crippen molar-refractivity contribution in [3.05, 3.63) is 54.0 Å². The van der Waals surface area contributed by atoms with E-state index < -0.39 is 0 Å². The van der Waals surface area contributed by atoms with Gasteiger partial charge in [0, 0.05) is 37.2 Å². The minimum Gasteiger partial charge on any atom is -0.472 e.